The summed E-state index contributed by atoms with van der Waals surface area (Å²) in [5, 5.41) is 6.59. The van der Waals surface area contributed by atoms with Gasteiger partial charge < -0.3 is 21.3 Å². The van der Waals surface area contributed by atoms with Gasteiger partial charge in [0, 0.05) is 25.2 Å². The van der Waals surface area contributed by atoms with Crippen molar-refractivity contribution < 1.29 is 0 Å². The maximum absolute atomic E-state index is 5.71. The molecule has 4 N–H and O–H groups in total. The normalized spacial score (nSPS) is 20.7. The summed E-state index contributed by atoms with van der Waals surface area (Å²) >= 11 is 0. The van der Waals surface area contributed by atoms with Gasteiger partial charge >= 0.3 is 0 Å². The Morgan fingerprint density at radius 2 is 2.22 bits per heavy atom. The minimum atomic E-state index is 0.306. The summed E-state index contributed by atoms with van der Waals surface area (Å²) in [7, 11) is 2.15. The number of nitrogens with two attached hydrogens (primary N) is 1. The van der Waals surface area contributed by atoms with Crippen molar-refractivity contribution in [1.82, 2.24) is 14.9 Å². The molecule has 1 aromatic rings. The molecule has 0 amide bonds. The fraction of sp³-hybridized carbons (Fsp3) is 0.667. The molecule has 1 saturated heterocycles. The van der Waals surface area contributed by atoms with Crippen LogP contribution in [-0.2, 0) is 0 Å². The lowest BCUT2D eigenvalue weighted by Crippen LogP contribution is -2.39. The summed E-state index contributed by atoms with van der Waals surface area (Å²) in [6.45, 7) is 5.07. The molecule has 1 aliphatic rings. The second-order valence-electron chi connectivity index (χ2n) is 4.77. The average Bonchev–Trinajstić information content (AvgIpc) is 2.28. The average molecular weight is 250 g/mol. The van der Waals surface area contributed by atoms with Crippen molar-refractivity contribution in [2.24, 2.45) is 0 Å². The minimum Gasteiger partial charge on any atom is -0.370 e. The molecule has 0 spiro atoms. The largest absolute Gasteiger partial charge is 0.370 e. The second kappa shape index (κ2) is 5.86. The second-order valence-corrected chi connectivity index (χ2v) is 4.77. The molecule has 0 bridgehead atoms. The van der Waals surface area contributed by atoms with Crippen molar-refractivity contribution in [2.75, 3.05) is 43.0 Å². The van der Waals surface area contributed by atoms with Crippen LogP contribution in [0.15, 0.2) is 6.07 Å². The van der Waals surface area contributed by atoms with Crippen molar-refractivity contribution in [3.63, 3.8) is 0 Å². The van der Waals surface area contributed by atoms with Gasteiger partial charge in [-0.25, -0.2) is 0 Å². The predicted molar refractivity (Wildman–Crippen MR) is 74.7 cm³/mol. The topological polar surface area (TPSA) is 79.1 Å². The van der Waals surface area contributed by atoms with Crippen molar-refractivity contribution in [3.8, 4) is 0 Å². The highest BCUT2D eigenvalue weighted by atomic mass is 15.2. The molecule has 0 radical (unpaired) electrons. The molecule has 1 fully saturated rings. The van der Waals surface area contributed by atoms with Gasteiger partial charge in [0.05, 0.1) is 0 Å². The van der Waals surface area contributed by atoms with Gasteiger partial charge in [-0.1, -0.05) is 0 Å². The van der Waals surface area contributed by atoms with Gasteiger partial charge in [0.2, 0.25) is 5.95 Å². The number of anilines is 3. The highest BCUT2D eigenvalue weighted by Gasteiger charge is 2.17. The van der Waals surface area contributed by atoms with E-state index in [1.807, 2.05) is 13.0 Å². The Kier molecular flexibility index (Phi) is 4.19. The summed E-state index contributed by atoms with van der Waals surface area (Å²) in [5.41, 5.74) is 5.71. The lowest BCUT2D eigenvalue weighted by molar-refractivity contribution is 0.261. The van der Waals surface area contributed by atoms with Crippen LogP contribution in [0.2, 0.25) is 0 Å². The van der Waals surface area contributed by atoms with E-state index in [0.717, 1.165) is 24.7 Å². The number of nitrogens with zero attached hydrogens (tertiary/aromatic N) is 3. The van der Waals surface area contributed by atoms with E-state index < -0.39 is 0 Å². The Hall–Kier alpha value is -1.56. The number of hydrogen-bond acceptors (Lipinski definition) is 6. The Morgan fingerprint density at radius 3 is 2.94 bits per heavy atom. The molecule has 18 heavy (non-hydrogen) atoms. The third kappa shape index (κ3) is 3.46. The number of rotatable bonds is 4. The van der Waals surface area contributed by atoms with Gasteiger partial charge in [-0.3, -0.25) is 0 Å². The lowest BCUT2D eigenvalue weighted by atomic mass is 10.1. The molecule has 2 heterocycles. The monoisotopic (exact) mass is 250 g/mol. The third-order valence-electron chi connectivity index (χ3n) is 3.08. The first-order chi connectivity index (χ1) is 8.67. The van der Waals surface area contributed by atoms with Gasteiger partial charge in [-0.05, 0) is 33.4 Å². The first-order valence-electron chi connectivity index (χ1n) is 6.51. The Balaban J connectivity index is 2.03. The van der Waals surface area contributed by atoms with E-state index in [1.54, 1.807) is 0 Å². The van der Waals surface area contributed by atoms with E-state index >= 15 is 0 Å². The number of piperidine rings is 1. The van der Waals surface area contributed by atoms with Crippen LogP contribution in [-0.4, -0.2) is 47.6 Å². The fourth-order valence-corrected chi connectivity index (χ4v) is 2.30. The van der Waals surface area contributed by atoms with Crippen LogP contribution in [0.5, 0.6) is 0 Å². The molecule has 6 heteroatoms. The molecule has 6 nitrogen and oxygen atoms in total. The minimum absolute atomic E-state index is 0.306. The molecule has 0 saturated carbocycles. The van der Waals surface area contributed by atoms with Crippen molar-refractivity contribution >= 4 is 17.6 Å². The van der Waals surface area contributed by atoms with E-state index in [4.69, 9.17) is 5.73 Å². The van der Waals surface area contributed by atoms with Gasteiger partial charge in [-0.15, -0.1) is 0 Å². The number of nitrogens with one attached hydrogen (secondary N) is 2. The highest BCUT2D eigenvalue weighted by molar-refractivity contribution is 5.51. The molecule has 1 unspecified atom stereocenters. The fourth-order valence-electron chi connectivity index (χ4n) is 2.30. The van der Waals surface area contributed by atoms with Crippen LogP contribution in [0.4, 0.5) is 17.6 Å². The molecular weight excluding hydrogens is 228 g/mol. The Labute approximate surface area is 108 Å². The number of nitrogen functional groups attached to an aromatic ring is 1. The summed E-state index contributed by atoms with van der Waals surface area (Å²) in [5.74, 6) is 1.88. The van der Waals surface area contributed by atoms with Gasteiger partial charge in [0.25, 0.3) is 0 Å². The lowest BCUT2D eigenvalue weighted by Gasteiger charge is -2.30. The Bertz CT molecular complexity index is 394. The summed E-state index contributed by atoms with van der Waals surface area (Å²) in [6, 6.07) is 2.35. The zero-order valence-electron chi connectivity index (χ0n) is 11.1. The van der Waals surface area contributed by atoms with Crippen LogP contribution in [0.1, 0.15) is 19.8 Å². The van der Waals surface area contributed by atoms with Crippen molar-refractivity contribution in [1.29, 1.82) is 0 Å². The molecule has 1 aromatic heterocycles. The van der Waals surface area contributed by atoms with E-state index in [-0.39, 0.29) is 0 Å². The quantitative estimate of drug-likeness (QED) is 0.740. The number of likely N-dealkylation sites (tertiary alicyclic amines) is 1. The maximum Gasteiger partial charge on any atom is 0.223 e. The molecule has 1 aliphatic heterocycles. The number of aromatic nitrogens is 2. The van der Waals surface area contributed by atoms with Crippen LogP contribution in [0.25, 0.3) is 0 Å². The summed E-state index contributed by atoms with van der Waals surface area (Å²) in [4.78, 5) is 10.7. The number of likely N-dealkylation sites (N-methyl/N-ethyl adjacent to an activating group) is 1. The number of hydrogen-bond donors (Lipinski definition) is 3. The van der Waals surface area contributed by atoms with E-state index in [2.05, 4.69) is 32.5 Å². The molecular formula is C12H22N6. The van der Waals surface area contributed by atoms with Gasteiger partial charge in [-0.2, -0.15) is 9.97 Å². The molecule has 100 valence electrons. The highest BCUT2D eigenvalue weighted by Crippen LogP contribution is 2.17. The Morgan fingerprint density at radius 1 is 1.44 bits per heavy atom. The van der Waals surface area contributed by atoms with Gasteiger partial charge in [0.1, 0.15) is 11.6 Å². The first kappa shape index (κ1) is 12.9. The zero-order valence-corrected chi connectivity index (χ0v) is 11.1. The van der Waals surface area contributed by atoms with Crippen LogP contribution in [0.3, 0.4) is 0 Å². The molecule has 1 atom stereocenters. The van der Waals surface area contributed by atoms with Crippen molar-refractivity contribution in [3.05, 3.63) is 6.07 Å². The SMILES string of the molecule is CCNc1cc(NC2CCCN(C)C2)nc(N)n1. The smallest absolute Gasteiger partial charge is 0.223 e. The van der Waals surface area contributed by atoms with E-state index in [9.17, 15) is 0 Å². The van der Waals surface area contributed by atoms with Crippen molar-refractivity contribution in [2.45, 2.75) is 25.8 Å². The predicted octanol–water partition coefficient (Wildman–Crippen LogP) is 0.997. The summed E-state index contributed by atoms with van der Waals surface area (Å²) in [6.07, 6.45) is 2.39. The van der Waals surface area contributed by atoms with Gasteiger partial charge in [0.15, 0.2) is 0 Å². The van der Waals surface area contributed by atoms with E-state index in [0.29, 0.717) is 12.0 Å². The van der Waals surface area contributed by atoms with Crippen LogP contribution in [0, 0.1) is 0 Å². The zero-order chi connectivity index (χ0) is 13.0. The third-order valence-corrected chi connectivity index (χ3v) is 3.08. The van der Waals surface area contributed by atoms with Crippen LogP contribution < -0.4 is 16.4 Å². The summed E-state index contributed by atoms with van der Waals surface area (Å²) < 4.78 is 0. The molecule has 0 aliphatic carbocycles. The molecule has 0 aromatic carbocycles. The van der Waals surface area contributed by atoms with E-state index in [1.165, 1.54) is 19.4 Å². The standard InChI is InChI=1S/C12H22N6/c1-3-14-10-7-11(17-12(13)16-10)15-9-5-4-6-18(2)8-9/h7,9H,3-6,8H2,1-2H3,(H4,13,14,15,16,17). The maximum atomic E-state index is 5.71. The molecule has 2 rings (SSSR count). The van der Waals surface area contributed by atoms with Crippen LogP contribution >= 0.6 is 0 Å². The first-order valence-corrected chi connectivity index (χ1v) is 6.51.